The predicted molar refractivity (Wildman–Crippen MR) is 94.7 cm³/mol. The summed E-state index contributed by atoms with van der Waals surface area (Å²) in [4.78, 5) is 27.1. The van der Waals surface area contributed by atoms with Crippen molar-refractivity contribution in [2.24, 2.45) is 0 Å². The van der Waals surface area contributed by atoms with E-state index in [2.05, 4.69) is 10.4 Å². The van der Waals surface area contributed by atoms with E-state index < -0.39 is 5.54 Å². The topological polar surface area (TPSA) is 76.5 Å². The first-order valence-electron chi connectivity index (χ1n) is 8.80. The molecule has 0 saturated carbocycles. The van der Waals surface area contributed by atoms with Gasteiger partial charge in [0.25, 0.3) is 5.91 Å². The molecule has 1 aliphatic heterocycles. The van der Waals surface area contributed by atoms with Gasteiger partial charge in [0.2, 0.25) is 0 Å². The van der Waals surface area contributed by atoms with Gasteiger partial charge < -0.3 is 10.1 Å². The predicted octanol–water partition coefficient (Wildman–Crippen LogP) is 2.37. The fourth-order valence-corrected chi connectivity index (χ4v) is 3.79. The number of amides is 3. The van der Waals surface area contributed by atoms with Crippen molar-refractivity contribution in [3.05, 3.63) is 47.3 Å². The molecule has 1 fully saturated rings. The van der Waals surface area contributed by atoms with Crippen LogP contribution in [0.3, 0.4) is 0 Å². The highest BCUT2D eigenvalue weighted by Crippen LogP contribution is 2.43. The van der Waals surface area contributed by atoms with Crippen molar-refractivity contribution in [3.63, 3.8) is 0 Å². The summed E-state index contributed by atoms with van der Waals surface area (Å²) in [6.45, 7) is 4.23. The number of carbonyl (C=O) groups is 2. The molecule has 2 aliphatic rings. The Morgan fingerprint density at radius 1 is 1.31 bits per heavy atom. The van der Waals surface area contributed by atoms with Gasteiger partial charge in [0.05, 0.1) is 19.3 Å². The lowest BCUT2D eigenvalue weighted by Gasteiger charge is -2.22. The lowest BCUT2D eigenvalue weighted by molar-refractivity contribution is -0.132. The minimum atomic E-state index is -0.985. The second-order valence-electron chi connectivity index (χ2n) is 7.13. The van der Waals surface area contributed by atoms with Gasteiger partial charge >= 0.3 is 6.03 Å². The molecule has 1 atom stereocenters. The zero-order chi connectivity index (χ0) is 18.5. The van der Waals surface area contributed by atoms with Crippen molar-refractivity contribution in [2.45, 2.75) is 44.8 Å². The molecular weight excluding hydrogens is 332 g/mol. The van der Waals surface area contributed by atoms with E-state index in [-0.39, 0.29) is 24.5 Å². The van der Waals surface area contributed by atoms with Crippen molar-refractivity contribution in [2.75, 3.05) is 7.11 Å². The number of nitrogens with one attached hydrogen (secondary N) is 1. The molecule has 2 aromatic rings. The third-order valence-corrected chi connectivity index (χ3v) is 5.23. The van der Waals surface area contributed by atoms with E-state index >= 15 is 0 Å². The summed E-state index contributed by atoms with van der Waals surface area (Å²) in [7, 11) is 1.59. The second kappa shape index (κ2) is 5.86. The van der Waals surface area contributed by atoms with Crippen LogP contribution >= 0.6 is 0 Å². The second-order valence-corrected chi connectivity index (χ2v) is 7.13. The van der Waals surface area contributed by atoms with Crippen molar-refractivity contribution in [3.8, 4) is 5.75 Å². The summed E-state index contributed by atoms with van der Waals surface area (Å²) < 4.78 is 7.12. The third kappa shape index (κ3) is 2.38. The van der Waals surface area contributed by atoms with Crippen LogP contribution in [-0.4, -0.2) is 33.7 Å². The smallest absolute Gasteiger partial charge is 0.325 e. The van der Waals surface area contributed by atoms with Gasteiger partial charge in [-0.1, -0.05) is 6.07 Å². The van der Waals surface area contributed by atoms with Crippen molar-refractivity contribution in [1.82, 2.24) is 20.0 Å². The number of fused-ring (bicyclic) bond motifs is 2. The molecule has 2 heterocycles. The number of rotatable bonds is 4. The Labute approximate surface area is 151 Å². The number of nitrogens with zero attached hydrogens (tertiary/aromatic N) is 3. The van der Waals surface area contributed by atoms with Gasteiger partial charge in [0.15, 0.2) is 0 Å². The molecule has 4 rings (SSSR count). The first-order valence-corrected chi connectivity index (χ1v) is 8.80. The van der Waals surface area contributed by atoms with Gasteiger partial charge in [-0.05, 0) is 56.0 Å². The molecule has 7 nitrogen and oxygen atoms in total. The van der Waals surface area contributed by atoms with Gasteiger partial charge in [-0.2, -0.15) is 5.10 Å². The number of methoxy groups -OCH3 is 1. The van der Waals surface area contributed by atoms with E-state index in [0.717, 1.165) is 17.5 Å². The van der Waals surface area contributed by atoms with Crippen molar-refractivity contribution in [1.29, 1.82) is 0 Å². The Kier molecular flexibility index (Phi) is 3.75. The normalized spacial score (nSPS) is 21.6. The first-order chi connectivity index (χ1) is 12.4. The molecule has 7 heteroatoms. The monoisotopic (exact) mass is 354 g/mol. The standard InChI is InChI=1S/C19H22N4O3/c1-12(2)23-9-7-14(21-23)11-22-17(24)19(20-18(22)25)8-6-13-4-5-15(26-3)10-16(13)19/h4-5,7,9-10,12H,6,8,11H2,1-3H3,(H,20,25). The zero-order valence-corrected chi connectivity index (χ0v) is 15.2. The van der Waals surface area contributed by atoms with Crippen LogP contribution in [0.4, 0.5) is 4.79 Å². The summed E-state index contributed by atoms with van der Waals surface area (Å²) in [6, 6.07) is 7.41. The number of carbonyl (C=O) groups excluding carboxylic acids is 2. The number of imide groups is 1. The molecule has 1 spiro atoms. The fourth-order valence-electron chi connectivity index (χ4n) is 3.79. The highest BCUT2D eigenvalue weighted by molar-refractivity contribution is 6.08. The molecule has 1 aromatic heterocycles. The molecule has 3 amide bonds. The average Bonchev–Trinajstić information content (AvgIpc) is 3.30. The molecule has 1 saturated heterocycles. The van der Waals surface area contributed by atoms with Crippen LogP contribution in [0.25, 0.3) is 0 Å². The highest BCUT2D eigenvalue weighted by atomic mass is 16.5. The molecule has 1 aromatic carbocycles. The average molecular weight is 354 g/mol. The molecule has 136 valence electrons. The van der Waals surface area contributed by atoms with Gasteiger partial charge in [-0.25, -0.2) is 4.79 Å². The SMILES string of the molecule is COc1ccc2c(c1)C1(CC2)NC(=O)N(Cc2ccn(C(C)C)n2)C1=O. The molecule has 0 radical (unpaired) electrons. The maximum Gasteiger partial charge on any atom is 0.325 e. The number of aryl methyl sites for hydroxylation is 1. The van der Waals surface area contributed by atoms with Crippen LogP contribution in [0.1, 0.15) is 43.1 Å². The number of urea groups is 1. The van der Waals surface area contributed by atoms with Gasteiger partial charge in [-0.15, -0.1) is 0 Å². The first kappa shape index (κ1) is 16.6. The van der Waals surface area contributed by atoms with Crippen LogP contribution in [0.15, 0.2) is 30.5 Å². The molecule has 1 unspecified atom stereocenters. The number of benzene rings is 1. The molecule has 26 heavy (non-hydrogen) atoms. The number of aromatic nitrogens is 2. The Hall–Kier alpha value is -2.83. The zero-order valence-electron chi connectivity index (χ0n) is 15.2. The van der Waals surface area contributed by atoms with Crippen LogP contribution in [0.2, 0.25) is 0 Å². The van der Waals surface area contributed by atoms with E-state index in [4.69, 9.17) is 4.74 Å². The van der Waals surface area contributed by atoms with E-state index in [1.807, 2.05) is 49.0 Å². The lowest BCUT2D eigenvalue weighted by atomic mass is 9.91. The summed E-state index contributed by atoms with van der Waals surface area (Å²) in [6.07, 6.45) is 3.18. The maximum absolute atomic E-state index is 13.2. The summed E-state index contributed by atoms with van der Waals surface area (Å²) in [5.74, 6) is 0.467. The summed E-state index contributed by atoms with van der Waals surface area (Å²) >= 11 is 0. The Morgan fingerprint density at radius 3 is 2.81 bits per heavy atom. The maximum atomic E-state index is 13.2. The largest absolute Gasteiger partial charge is 0.497 e. The number of hydrogen-bond donors (Lipinski definition) is 1. The van der Waals surface area contributed by atoms with Crippen molar-refractivity contribution >= 4 is 11.9 Å². The molecular formula is C19H22N4O3. The number of ether oxygens (including phenoxy) is 1. The number of hydrogen-bond acceptors (Lipinski definition) is 4. The van der Waals surface area contributed by atoms with Crippen LogP contribution in [0, 0.1) is 0 Å². The Bertz CT molecular complexity index is 889. The summed E-state index contributed by atoms with van der Waals surface area (Å²) in [5, 5.41) is 7.39. The van der Waals surface area contributed by atoms with Crippen LogP contribution in [0.5, 0.6) is 5.75 Å². The van der Waals surface area contributed by atoms with Crippen molar-refractivity contribution < 1.29 is 14.3 Å². The van der Waals surface area contributed by atoms with E-state index in [1.165, 1.54) is 4.90 Å². The fraction of sp³-hybridized carbons (Fsp3) is 0.421. The van der Waals surface area contributed by atoms with E-state index in [0.29, 0.717) is 17.9 Å². The summed E-state index contributed by atoms with van der Waals surface area (Å²) in [5.41, 5.74) is 1.63. The van der Waals surface area contributed by atoms with Gasteiger partial charge in [0, 0.05) is 12.2 Å². The van der Waals surface area contributed by atoms with E-state index in [1.54, 1.807) is 7.11 Å². The Morgan fingerprint density at radius 2 is 2.12 bits per heavy atom. The van der Waals surface area contributed by atoms with Gasteiger partial charge in [0.1, 0.15) is 11.3 Å². The lowest BCUT2D eigenvalue weighted by Crippen LogP contribution is -2.41. The Balaban J connectivity index is 1.64. The third-order valence-electron chi connectivity index (χ3n) is 5.23. The highest BCUT2D eigenvalue weighted by Gasteiger charge is 2.55. The minimum Gasteiger partial charge on any atom is -0.497 e. The molecule has 1 N–H and O–H groups in total. The van der Waals surface area contributed by atoms with Gasteiger partial charge in [-0.3, -0.25) is 14.4 Å². The quantitative estimate of drug-likeness (QED) is 0.855. The van der Waals surface area contributed by atoms with Crippen LogP contribution in [-0.2, 0) is 23.3 Å². The van der Waals surface area contributed by atoms with E-state index in [9.17, 15) is 9.59 Å². The molecule has 0 bridgehead atoms. The van der Waals surface area contributed by atoms with Crippen LogP contribution < -0.4 is 10.1 Å². The molecule has 1 aliphatic carbocycles. The minimum absolute atomic E-state index is 0.172.